The summed E-state index contributed by atoms with van der Waals surface area (Å²) >= 11 is 5.97. The number of carbonyl (C=O) groups is 1. The standard InChI is InChI=1S/C19H19ClFNO5S/c1-22(12-14-15(20)3-2-4-16(14)21)19(23)7-10-28(24,25)13-5-6-17-18(11-13)27-9-8-26-17/h2-6,11H,7-10,12H2,1H3. The molecule has 0 saturated heterocycles. The number of benzene rings is 2. The molecule has 1 aliphatic heterocycles. The molecule has 0 bridgehead atoms. The lowest BCUT2D eigenvalue weighted by Gasteiger charge is -2.19. The van der Waals surface area contributed by atoms with Gasteiger partial charge in [-0.05, 0) is 24.3 Å². The summed E-state index contributed by atoms with van der Waals surface area (Å²) in [6, 6.07) is 8.63. The largest absolute Gasteiger partial charge is 0.486 e. The second-order valence-electron chi connectivity index (χ2n) is 6.32. The number of ether oxygens (including phenoxy) is 2. The second-order valence-corrected chi connectivity index (χ2v) is 8.84. The average molecular weight is 428 g/mol. The van der Waals surface area contributed by atoms with Crippen molar-refractivity contribution in [3.05, 3.63) is 52.8 Å². The first kappa shape index (κ1) is 20.4. The Morgan fingerprint density at radius 1 is 1.18 bits per heavy atom. The van der Waals surface area contributed by atoms with E-state index in [0.717, 1.165) is 0 Å². The summed E-state index contributed by atoms with van der Waals surface area (Å²) in [5.41, 5.74) is 0.190. The first-order valence-corrected chi connectivity index (χ1v) is 10.6. The molecule has 28 heavy (non-hydrogen) atoms. The molecule has 2 aromatic carbocycles. The van der Waals surface area contributed by atoms with Crippen molar-refractivity contribution in [2.75, 3.05) is 26.0 Å². The van der Waals surface area contributed by atoms with Gasteiger partial charge in [-0.25, -0.2) is 12.8 Å². The predicted molar refractivity (Wildman–Crippen MR) is 102 cm³/mol. The number of fused-ring (bicyclic) bond motifs is 1. The molecule has 1 aliphatic rings. The summed E-state index contributed by atoms with van der Waals surface area (Å²) in [5.74, 6) is -0.467. The van der Waals surface area contributed by atoms with Gasteiger partial charge in [0.25, 0.3) is 0 Å². The molecule has 0 radical (unpaired) electrons. The van der Waals surface area contributed by atoms with Gasteiger partial charge < -0.3 is 14.4 Å². The molecule has 2 aromatic rings. The number of rotatable bonds is 6. The SMILES string of the molecule is CN(Cc1c(F)cccc1Cl)C(=O)CCS(=O)(=O)c1ccc2c(c1)OCCO2. The highest BCUT2D eigenvalue weighted by Gasteiger charge is 2.22. The monoisotopic (exact) mass is 427 g/mol. The van der Waals surface area contributed by atoms with Crippen LogP contribution >= 0.6 is 11.6 Å². The summed E-state index contributed by atoms with van der Waals surface area (Å²) in [6.07, 6.45) is -0.237. The zero-order chi connectivity index (χ0) is 20.3. The zero-order valence-electron chi connectivity index (χ0n) is 15.2. The molecule has 9 heteroatoms. The molecule has 0 saturated carbocycles. The fraction of sp³-hybridized carbons (Fsp3) is 0.316. The minimum Gasteiger partial charge on any atom is -0.486 e. The molecular weight excluding hydrogens is 409 g/mol. The molecule has 1 heterocycles. The molecule has 0 N–H and O–H groups in total. The van der Waals surface area contributed by atoms with E-state index in [0.29, 0.717) is 24.7 Å². The van der Waals surface area contributed by atoms with Crippen molar-refractivity contribution in [2.45, 2.75) is 17.9 Å². The van der Waals surface area contributed by atoms with Gasteiger partial charge in [0, 0.05) is 36.7 Å². The van der Waals surface area contributed by atoms with Crippen LogP contribution in [0.4, 0.5) is 4.39 Å². The number of amides is 1. The molecule has 0 spiro atoms. The van der Waals surface area contributed by atoms with Crippen LogP contribution in [0.15, 0.2) is 41.3 Å². The van der Waals surface area contributed by atoms with Gasteiger partial charge in [-0.15, -0.1) is 0 Å². The summed E-state index contributed by atoms with van der Waals surface area (Å²) in [6.45, 7) is 0.707. The Morgan fingerprint density at radius 3 is 2.61 bits per heavy atom. The first-order chi connectivity index (χ1) is 13.3. The Morgan fingerprint density at radius 2 is 1.89 bits per heavy atom. The Kier molecular flexibility index (Phi) is 6.10. The lowest BCUT2D eigenvalue weighted by molar-refractivity contribution is -0.130. The average Bonchev–Trinajstić information content (AvgIpc) is 2.68. The van der Waals surface area contributed by atoms with Crippen molar-refractivity contribution in [2.24, 2.45) is 0 Å². The van der Waals surface area contributed by atoms with Crippen LogP contribution in [0.1, 0.15) is 12.0 Å². The number of halogens is 2. The lowest BCUT2D eigenvalue weighted by Crippen LogP contribution is -2.28. The van der Waals surface area contributed by atoms with Crippen molar-refractivity contribution in [1.29, 1.82) is 0 Å². The van der Waals surface area contributed by atoms with Crippen molar-refractivity contribution in [1.82, 2.24) is 4.90 Å². The fourth-order valence-corrected chi connectivity index (χ4v) is 4.22. The van der Waals surface area contributed by atoms with E-state index < -0.39 is 21.6 Å². The molecule has 0 fully saturated rings. The zero-order valence-corrected chi connectivity index (χ0v) is 16.7. The minimum atomic E-state index is -3.69. The highest BCUT2D eigenvalue weighted by molar-refractivity contribution is 7.91. The predicted octanol–water partition coefficient (Wildman–Crippen LogP) is 3.07. The minimum absolute atomic E-state index is 0.0472. The Labute approximate surface area is 167 Å². The fourth-order valence-electron chi connectivity index (χ4n) is 2.76. The molecule has 150 valence electrons. The Bertz CT molecular complexity index is 976. The molecule has 3 rings (SSSR count). The van der Waals surface area contributed by atoms with E-state index in [1.165, 1.54) is 48.3 Å². The van der Waals surface area contributed by atoms with E-state index >= 15 is 0 Å². The summed E-state index contributed by atoms with van der Waals surface area (Å²) in [7, 11) is -2.22. The molecular formula is C19H19ClFNO5S. The Balaban J connectivity index is 1.64. The van der Waals surface area contributed by atoms with Crippen molar-refractivity contribution in [3.63, 3.8) is 0 Å². The van der Waals surface area contributed by atoms with Crippen molar-refractivity contribution < 1.29 is 27.1 Å². The number of carbonyl (C=O) groups excluding carboxylic acids is 1. The van der Waals surface area contributed by atoms with E-state index in [4.69, 9.17) is 21.1 Å². The lowest BCUT2D eigenvalue weighted by atomic mass is 10.2. The third-order valence-electron chi connectivity index (χ3n) is 4.34. The van der Waals surface area contributed by atoms with E-state index in [-0.39, 0.29) is 34.2 Å². The van der Waals surface area contributed by atoms with Crippen LogP contribution in [0.25, 0.3) is 0 Å². The third-order valence-corrected chi connectivity index (χ3v) is 6.41. The molecule has 0 aromatic heterocycles. The molecule has 0 unspecified atom stereocenters. The number of sulfone groups is 1. The van der Waals surface area contributed by atoms with E-state index in [1.54, 1.807) is 0 Å². The van der Waals surface area contributed by atoms with Crippen LogP contribution in [0.2, 0.25) is 5.02 Å². The maximum absolute atomic E-state index is 13.9. The van der Waals surface area contributed by atoms with Crippen LogP contribution in [0.5, 0.6) is 11.5 Å². The molecule has 6 nitrogen and oxygen atoms in total. The van der Waals surface area contributed by atoms with E-state index in [9.17, 15) is 17.6 Å². The van der Waals surface area contributed by atoms with Crippen molar-refractivity contribution >= 4 is 27.3 Å². The van der Waals surface area contributed by atoms with Gasteiger partial charge in [-0.2, -0.15) is 0 Å². The van der Waals surface area contributed by atoms with Gasteiger partial charge in [0.2, 0.25) is 5.91 Å². The molecule has 0 atom stereocenters. The second kappa shape index (κ2) is 8.36. The van der Waals surface area contributed by atoms with Crippen LogP contribution in [-0.2, 0) is 21.2 Å². The molecule has 0 aliphatic carbocycles. The topological polar surface area (TPSA) is 72.9 Å². The Hall–Kier alpha value is -2.32. The number of nitrogens with zero attached hydrogens (tertiary/aromatic N) is 1. The highest BCUT2D eigenvalue weighted by atomic mass is 35.5. The van der Waals surface area contributed by atoms with Crippen LogP contribution in [-0.4, -0.2) is 45.2 Å². The molecule has 1 amide bonds. The first-order valence-electron chi connectivity index (χ1n) is 8.57. The summed E-state index contributed by atoms with van der Waals surface area (Å²) in [4.78, 5) is 13.6. The van der Waals surface area contributed by atoms with Crippen LogP contribution in [0, 0.1) is 5.82 Å². The third kappa shape index (κ3) is 4.56. The van der Waals surface area contributed by atoms with Gasteiger partial charge in [0.15, 0.2) is 21.3 Å². The van der Waals surface area contributed by atoms with Gasteiger partial charge in [-0.1, -0.05) is 17.7 Å². The van der Waals surface area contributed by atoms with Crippen molar-refractivity contribution in [3.8, 4) is 11.5 Å². The van der Waals surface area contributed by atoms with Gasteiger partial charge in [0.05, 0.1) is 10.6 Å². The summed E-state index contributed by atoms with van der Waals surface area (Å²) < 4.78 is 49.8. The normalized spacial score (nSPS) is 13.2. The number of hydrogen-bond acceptors (Lipinski definition) is 5. The van der Waals surface area contributed by atoms with E-state index in [1.807, 2.05) is 0 Å². The summed E-state index contributed by atoms with van der Waals surface area (Å²) in [5, 5.41) is 0.212. The smallest absolute Gasteiger partial charge is 0.223 e. The maximum Gasteiger partial charge on any atom is 0.223 e. The van der Waals surface area contributed by atoms with E-state index in [2.05, 4.69) is 0 Å². The van der Waals surface area contributed by atoms with Gasteiger partial charge in [-0.3, -0.25) is 4.79 Å². The van der Waals surface area contributed by atoms with Gasteiger partial charge in [0.1, 0.15) is 19.0 Å². The highest BCUT2D eigenvalue weighted by Crippen LogP contribution is 2.32. The quantitative estimate of drug-likeness (QED) is 0.708. The van der Waals surface area contributed by atoms with Gasteiger partial charge >= 0.3 is 0 Å². The van der Waals surface area contributed by atoms with Crippen LogP contribution in [0.3, 0.4) is 0 Å². The van der Waals surface area contributed by atoms with Crippen LogP contribution < -0.4 is 9.47 Å². The number of hydrogen-bond donors (Lipinski definition) is 0. The maximum atomic E-state index is 13.9.